The van der Waals surface area contributed by atoms with E-state index in [1.54, 1.807) is 6.07 Å². The third-order valence-electron chi connectivity index (χ3n) is 4.25. The van der Waals surface area contributed by atoms with Crippen LogP contribution in [-0.2, 0) is 24.3 Å². The molecule has 1 atom stereocenters. The molecule has 0 unspecified atom stereocenters. The Kier molecular flexibility index (Phi) is 4.97. The first-order valence-electron chi connectivity index (χ1n) is 7.97. The predicted molar refractivity (Wildman–Crippen MR) is 93.1 cm³/mol. The van der Waals surface area contributed by atoms with Crippen molar-refractivity contribution in [1.29, 1.82) is 0 Å². The molecule has 126 valence electrons. The number of carbonyl (C=O) groups excluding carboxylic acids is 1. The third-order valence-corrected chi connectivity index (χ3v) is 5.22. The molecule has 2 aromatic rings. The summed E-state index contributed by atoms with van der Waals surface area (Å²) in [6.07, 6.45) is 0.679. The minimum Gasteiger partial charge on any atom is -0.477 e. The summed E-state index contributed by atoms with van der Waals surface area (Å²) >= 11 is 1.22. The van der Waals surface area contributed by atoms with Crippen LogP contribution in [0.15, 0.2) is 35.7 Å². The first kappa shape index (κ1) is 16.7. The molecule has 1 aliphatic heterocycles. The highest BCUT2D eigenvalue weighted by Gasteiger charge is 2.31. The number of carboxylic acid groups (broad SMARTS) is 1. The van der Waals surface area contributed by atoms with Gasteiger partial charge in [0.15, 0.2) is 0 Å². The topological polar surface area (TPSA) is 69.6 Å². The fraction of sp³-hybridized carbons (Fsp3) is 0.333. The molecule has 0 saturated carbocycles. The van der Waals surface area contributed by atoms with Gasteiger partial charge >= 0.3 is 5.97 Å². The van der Waals surface area contributed by atoms with E-state index >= 15 is 0 Å². The summed E-state index contributed by atoms with van der Waals surface area (Å²) in [7, 11) is 0. The number of nitrogens with zero attached hydrogens (tertiary/aromatic N) is 1. The zero-order chi connectivity index (χ0) is 17.1. The average molecular weight is 344 g/mol. The van der Waals surface area contributed by atoms with Crippen molar-refractivity contribution in [2.24, 2.45) is 0 Å². The van der Waals surface area contributed by atoms with Crippen molar-refractivity contribution in [3.63, 3.8) is 0 Å². The molecule has 5 nitrogen and oxygen atoms in total. The normalized spacial score (nSPS) is 17.3. The lowest BCUT2D eigenvalue weighted by atomic mass is 9.93. The molecule has 2 heterocycles. The summed E-state index contributed by atoms with van der Waals surface area (Å²) < 4.78 is 0. The second kappa shape index (κ2) is 7.15. The number of amides is 1. The Morgan fingerprint density at radius 3 is 2.75 bits per heavy atom. The summed E-state index contributed by atoms with van der Waals surface area (Å²) in [4.78, 5) is 26.0. The van der Waals surface area contributed by atoms with E-state index in [4.69, 9.17) is 5.11 Å². The van der Waals surface area contributed by atoms with Gasteiger partial charge in [0.25, 0.3) is 0 Å². The second-order valence-corrected chi connectivity index (χ2v) is 6.82. The maximum Gasteiger partial charge on any atom is 0.345 e. The summed E-state index contributed by atoms with van der Waals surface area (Å²) in [6, 6.07) is 9.65. The van der Waals surface area contributed by atoms with Crippen LogP contribution in [0, 0.1) is 0 Å². The first-order valence-corrected chi connectivity index (χ1v) is 8.85. The van der Waals surface area contributed by atoms with Crippen LogP contribution in [0.5, 0.6) is 0 Å². The number of likely N-dealkylation sites (N-methyl/N-ethyl adjacent to an activating group) is 1. The van der Waals surface area contributed by atoms with Crippen molar-refractivity contribution in [3.05, 3.63) is 57.3 Å². The largest absolute Gasteiger partial charge is 0.477 e. The fourth-order valence-corrected chi connectivity index (χ4v) is 3.84. The molecule has 0 bridgehead atoms. The fourth-order valence-electron chi connectivity index (χ4n) is 3.10. The minimum absolute atomic E-state index is 0.0284. The number of nitrogens with one attached hydrogen (secondary N) is 1. The molecule has 0 radical (unpaired) electrons. The maximum absolute atomic E-state index is 12.5. The van der Waals surface area contributed by atoms with Crippen molar-refractivity contribution in [2.75, 3.05) is 6.54 Å². The Labute approximate surface area is 144 Å². The van der Waals surface area contributed by atoms with Crippen LogP contribution in [-0.4, -0.2) is 34.5 Å². The molecule has 6 heteroatoms. The van der Waals surface area contributed by atoms with Crippen molar-refractivity contribution in [3.8, 4) is 0 Å². The number of rotatable bonds is 5. The van der Waals surface area contributed by atoms with Gasteiger partial charge in [-0.15, -0.1) is 11.3 Å². The van der Waals surface area contributed by atoms with Crippen LogP contribution in [0.3, 0.4) is 0 Å². The van der Waals surface area contributed by atoms with Crippen molar-refractivity contribution in [2.45, 2.75) is 32.5 Å². The zero-order valence-corrected chi connectivity index (χ0v) is 14.3. The number of benzene rings is 1. The van der Waals surface area contributed by atoms with E-state index in [0.29, 0.717) is 30.9 Å². The summed E-state index contributed by atoms with van der Waals surface area (Å²) in [6.45, 7) is 3.78. The molecule has 1 aliphatic rings. The minimum atomic E-state index is -0.907. The molecule has 1 aromatic carbocycles. The van der Waals surface area contributed by atoms with Gasteiger partial charge in [-0.05, 0) is 41.5 Å². The van der Waals surface area contributed by atoms with E-state index < -0.39 is 5.97 Å². The number of hydrogen-bond donors (Lipinski definition) is 2. The molecule has 0 aliphatic carbocycles. The van der Waals surface area contributed by atoms with Gasteiger partial charge in [0.05, 0.1) is 6.04 Å². The molecule has 1 aromatic heterocycles. The molecule has 0 fully saturated rings. The smallest absolute Gasteiger partial charge is 0.345 e. The molecule has 0 saturated heterocycles. The maximum atomic E-state index is 12.5. The SMILES string of the molecule is CCNC(=O)[C@H]1Cc2ccccc2CN1Cc1csc(C(=O)O)c1. The highest BCUT2D eigenvalue weighted by molar-refractivity contribution is 7.12. The zero-order valence-electron chi connectivity index (χ0n) is 13.5. The van der Waals surface area contributed by atoms with Crippen LogP contribution in [0.4, 0.5) is 0 Å². The standard InChI is InChI=1S/C18H20N2O3S/c1-2-19-17(21)15-8-13-5-3-4-6-14(13)10-20(15)9-12-7-16(18(22)23)24-11-12/h3-7,11,15H,2,8-10H2,1H3,(H,19,21)(H,22,23)/t15-/m1/s1. The Morgan fingerprint density at radius 2 is 2.08 bits per heavy atom. The van der Waals surface area contributed by atoms with Crippen LogP contribution in [0.2, 0.25) is 0 Å². The van der Waals surface area contributed by atoms with E-state index in [0.717, 1.165) is 5.56 Å². The Morgan fingerprint density at radius 1 is 1.33 bits per heavy atom. The average Bonchev–Trinajstić information content (AvgIpc) is 3.03. The summed E-state index contributed by atoms with van der Waals surface area (Å²) in [5, 5.41) is 13.9. The van der Waals surface area contributed by atoms with Gasteiger partial charge in [-0.1, -0.05) is 24.3 Å². The van der Waals surface area contributed by atoms with Crippen LogP contribution < -0.4 is 5.32 Å². The van der Waals surface area contributed by atoms with Crippen molar-refractivity contribution >= 4 is 23.2 Å². The van der Waals surface area contributed by atoms with E-state index in [1.807, 2.05) is 24.4 Å². The van der Waals surface area contributed by atoms with Gasteiger partial charge in [0, 0.05) is 19.6 Å². The van der Waals surface area contributed by atoms with Gasteiger partial charge < -0.3 is 10.4 Å². The molecule has 2 N–H and O–H groups in total. The molecule has 1 amide bonds. The predicted octanol–water partition coefficient (Wildman–Crippen LogP) is 2.51. The number of thiophene rings is 1. The Bertz CT molecular complexity index is 756. The third kappa shape index (κ3) is 3.49. The Hall–Kier alpha value is -2.18. The summed E-state index contributed by atoms with van der Waals surface area (Å²) in [5.74, 6) is -0.879. The van der Waals surface area contributed by atoms with Gasteiger partial charge in [-0.25, -0.2) is 4.79 Å². The summed E-state index contributed by atoms with van der Waals surface area (Å²) in [5.41, 5.74) is 3.37. The van der Waals surface area contributed by atoms with E-state index in [1.165, 1.54) is 22.5 Å². The lowest BCUT2D eigenvalue weighted by Gasteiger charge is -2.35. The van der Waals surface area contributed by atoms with Gasteiger partial charge in [0.1, 0.15) is 4.88 Å². The van der Waals surface area contributed by atoms with Gasteiger partial charge in [-0.3, -0.25) is 9.69 Å². The lowest BCUT2D eigenvalue weighted by molar-refractivity contribution is -0.127. The molecule has 0 spiro atoms. The van der Waals surface area contributed by atoms with E-state index in [-0.39, 0.29) is 11.9 Å². The molecule has 3 rings (SSSR count). The van der Waals surface area contributed by atoms with E-state index in [9.17, 15) is 9.59 Å². The van der Waals surface area contributed by atoms with Crippen LogP contribution in [0.25, 0.3) is 0 Å². The quantitative estimate of drug-likeness (QED) is 0.874. The van der Waals surface area contributed by atoms with Crippen molar-refractivity contribution in [1.82, 2.24) is 10.2 Å². The monoisotopic (exact) mass is 344 g/mol. The molecule has 24 heavy (non-hydrogen) atoms. The number of carbonyl (C=O) groups is 2. The first-order chi connectivity index (χ1) is 11.6. The molecular formula is C18H20N2O3S. The highest BCUT2D eigenvalue weighted by Crippen LogP contribution is 2.26. The molecular weight excluding hydrogens is 324 g/mol. The van der Waals surface area contributed by atoms with E-state index in [2.05, 4.69) is 22.3 Å². The number of carboxylic acids is 1. The highest BCUT2D eigenvalue weighted by atomic mass is 32.1. The van der Waals surface area contributed by atoms with Crippen LogP contribution >= 0.6 is 11.3 Å². The number of aromatic carboxylic acids is 1. The van der Waals surface area contributed by atoms with Gasteiger partial charge in [-0.2, -0.15) is 0 Å². The number of fused-ring (bicyclic) bond motifs is 1. The van der Waals surface area contributed by atoms with Crippen LogP contribution in [0.1, 0.15) is 33.3 Å². The number of hydrogen-bond acceptors (Lipinski definition) is 4. The Balaban J connectivity index is 1.84. The van der Waals surface area contributed by atoms with Gasteiger partial charge in [0.2, 0.25) is 5.91 Å². The second-order valence-electron chi connectivity index (χ2n) is 5.91. The van der Waals surface area contributed by atoms with Crippen molar-refractivity contribution < 1.29 is 14.7 Å². The lowest BCUT2D eigenvalue weighted by Crippen LogP contribution is -2.49.